The number of aliphatic imine (C=N–C) groups is 1. The third-order valence-corrected chi connectivity index (χ3v) is 6.67. The summed E-state index contributed by atoms with van der Waals surface area (Å²) in [6.45, 7) is 3.98. The summed E-state index contributed by atoms with van der Waals surface area (Å²) in [5, 5.41) is 16.6. The van der Waals surface area contributed by atoms with Gasteiger partial charge in [0.15, 0.2) is 5.84 Å². The molecule has 6 nitrogen and oxygen atoms in total. The number of aromatic nitrogens is 1. The van der Waals surface area contributed by atoms with Crippen LogP contribution in [0.25, 0.3) is 11.8 Å². The van der Waals surface area contributed by atoms with Gasteiger partial charge in [-0.2, -0.15) is 15.1 Å². The monoisotopic (exact) mass is 473 g/mol. The molecule has 0 spiro atoms. The standard InChI is InChI=1S/C25H20ClN5OS/c1-15-11-18(16(2)30(15)20-10-6-9-19(26)14-20)13-21-23(27)31-25(28-24(21)32)33-22(29-31)12-17-7-4-3-5-8-17/h3-11,13-14,27H,12H2,1-2H3. The number of benzene rings is 2. The molecule has 0 fully saturated rings. The topological polar surface area (TPSA) is 73.8 Å². The molecule has 0 bridgehead atoms. The second-order valence-electron chi connectivity index (χ2n) is 7.82. The van der Waals surface area contributed by atoms with Gasteiger partial charge in [-0.25, -0.2) is 0 Å². The van der Waals surface area contributed by atoms with Crippen molar-refractivity contribution in [2.75, 3.05) is 0 Å². The van der Waals surface area contributed by atoms with Gasteiger partial charge in [0.25, 0.3) is 5.91 Å². The first-order valence-corrected chi connectivity index (χ1v) is 11.6. The number of thioether (sulfide) groups is 1. The highest BCUT2D eigenvalue weighted by Crippen LogP contribution is 2.31. The van der Waals surface area contributed by atoms with Crippen molar-refractivity contribution >= 4 is 51.4 Å². The number of rotatable bonds is 4. The first kappa shape index (κ1) is 21.4. The molecule has 1 aromatic heterocycles. The smallest absolute Gasteiger partial charge is 0.283 e. The van der Waals surface area contributed by atoms with Gasteiger partial charge in [0.05, 0.1) is 5.57 Å². The fourth-order valence-electron chi connectivity index (χ4n) is 3.98. The Kier molecular flexibility index (Phi) is 5.52. The van der Waals surface area contributed by atoms with E-state index in [1.54, 1.807) is 6.08 Å². The number of carbonyl (C=O) groups is 1. The summed E-state index contributed by atoms with van der Waals surface area (Å²) >= 11 is 7.52. The Balaban J connectivity index is 1.47. The number of nitrogens with zero attached hydrogens (tertiary/aromatic N) is 4. The van der Waals surface area contributed by atoms with Crippen molar-refractivity contribution in [2.24, 2.45) is 10.1 Å². The lowest BCUT2D eigenvalue weighted by molar-refractivity contribution is -0.114. The van der Waals surface area contributed by atoms with Crippen molar-refractivity contribution in [1.29, 1.82) is 5.41 Å². The van der Waals surface area contributed by atoms with Gasteiger partial charge in [-0.1, -0.05) is 48.0 Å². The zero-order chi connectivity index (χ0) is 23.1. The van der Waals surface area contributed by atoms with E-state index in [-0.39, 0.29) is 11.4 Å². The van der Waals surface area contributed by atoms with Crippen LogP contribution in [0.2, 0.25) is 5.02 Å². The number of hydrogen-bond donors (Lipinski definition) is 1. The molecule has 2 aliphatic rings. The predicted molar refractivity (Wildman–Crippen MR) is 135 cm³/mol. The molecule has 0 saturated heterocycles. The molecular weight excluding hydrogens is 454 g/mol. The van der Waals surface area contributed by atoms with Crippen LogP contribution < -0.4 is 0 Å². The normalized spacial score (nSPS) is 16.8. The number of amides is 1. The number of fused-ring (bicyclic) bond motifs is 1. The second kappa shape index (κ2) is 8.50. The number of hydrogen-bond acceptors (Lipinski definition) is 4. The average molecular weight is 474 g/mol. The summed E-state index contributed by atoms with van der Waals surface area (Å²) < 4.78 is 2.08. The number of nitrogens with one attached hydrogen (secondary N) is 1. The molecule has 3 aromatic rings. The van der Waals surface area contributed by atoms with E-state index in [0.29, 0.717) is 16.6 Å². The number of halogens is 1. The van der Waals surface area contributed by atoms with Gasteiger partial charge in [-0.15, -0.1) is 0 Å². The molecule has 3 heterocycles. The third-order valence-electron chi connectivity index (χ3n) is 5.53. The van der Waals surface area contributed by atoms with Gasteiger partial charge in [0, 0.05) is 28.5 Å². The van der Waals surface area contributed by atoms with Crippen LogP contribution in [0.5, 0.6) is 0 Å². The quantitative estimate of drug-likeness (QED) is 0.500. The Morgan fingerprint density at radius 3 is 2.64 bits per heavy atom. The van der Waals surface area contributed by atoms with E-state index in [1.165, 1.54) is 16.8 Å². The van der Waals surface area contributed by atoms with Gasteiger partial charge in [0.1, 0.15) is 5.04 Å². The highest BCUT2D eigenvalue weighted by atomic mass is 35.5. The van der Waals surface area contributed by atoms with Gasteiger partial charge < -0.3 is 4.57 Å². The van der Waals surface area contributed by atoms with Crippen LogP contribution in [0, 0.1) is 19.3 Å². The van der Waals surface area contributed by atoms with E-state index < -0.39 is 5.91 Å². The number of amidine groups is 2. The molecule has 0 radical (unpaired) electrons. The minimum absolute atomic E-state index is 0.0353. The van der Waals surface area contributed by atoms with Crippen LogP contribution in [-0.4, -0.2) is 31.5 Å². The van der Waals surface area contributed by atoms with E-state index >= 15 is 0 Å². The summed E-state index contributed by atoms with van der Waals surface area (Å²) in [6.07, 6.45) is 2.35. The van der Waals surface area contributed by atoms with Gasteiger partial charge >= 0.3 is 0 Å². The molecule has 164 valence electrons. The first-order chi connectivity index (χ1) is 15.9. The summed E-state index contributed by atoms with van der Waals surface area (Å²) in [7, 11) is 0. The van der Waals surface area contributed by atoms with E-state index in [0.717, 1.165) is 33.2 Å². The van der Waals surface area contributed by atoms with E-state index in [4.69, 9.17) is 17.0 Å². The Labute approximate surface area is 200 Å². The fraction of sp³-hybridized carbons (Fsp3) is 0.120. The largest absolute Gasteiger partial charge is 0.318 e. The molecule has 33 heavy (non-hydrogen) atoms. The van der Waals surface area contributed by atoms with Crippen molar-refractivity contribution in [3.05, 3.63) is 93.8 Å². The summed E-state index contributed by atoms with van der Waals surface area (Å²) in [5.41, 5.74) is 5.07. The van der Waals surface area contributed by atoms with Crippen molar-refractivity contribution in [2.45, 2.75) is 20.3 Å². The molecule has 1 N–H and O–H groups in total. The van der Waals surface area contributed by atoms with Gasteiger partial charge in [-0.05, 0) is 67.1 Å². The molecule has 0 saturated carbocycles. The molecular formula is C25H20ClN5OS. The lowest BCUT2D eigenvalue weighted by Crippen LogP contribution is -2.35. The van der Waals surface area contributed by atoms with Crippen LogP contribution >= 0.6 is 23.4 Å². The minimum Gasteiger partial charge on any atom is -0.318 e. The number of hydrazone groups is 1. The Hall–Kier alpha value is -3.42. The number of aryl methyl sites for hydroxylation is 1. The zero-order valence-electron chi connectivity index (χ0n) is 18.0. The molecule has 0 unspecified atom stereocenters. The molecule has 0 atom stereocenters. The maximum absolute atomic E-state index is 12.8. The highest BCUT2D eigenvalue weighted by Gasteiger charge is 2.35. The van der Waals surface area contributed by atoms with E-state index in [9.17, 15) is 4.79 Å². The van der Waals surface area contributed by atoms with Crippen LogP contribution in [0.15, 0.2) is 76.3 Å². The molecule has 8 heteroatoms. The molecule has 0 aliphatic carbocycles. The minimum atomic E-state index is -0.428. The van der Waals surface area contributed by atoms with Crippen LogP contribution in [0.3, 0.4) is 0 Å². The average Bonchev–Trinajstić information content (AvgIpc) is 3.31. The molecule has 2 aliphatic heterocycles. The lowest BCUT2D eigenvalue weighted by Gasteiger charge is -2.20. The summed E-state index contributed by atoms with van der Waals surface area (Å²) in [4.78, 5) is 17.0. The van der Waals surface area contributed by atoms with Crippen LogP contribution in [0.1, 0.15) is 22.5 Å². The Morgan fingerprint density at radius 1 is 1.09 bits per heavy atom. The fourth-order valence-corrected chi connectivity index (χ4v) is 5.08. The summed E-state index contributed by atoms with van der Waals surface area (Å²) in [6, 6.07) is 19.6. The second-order valence-corrected chi connectivity index (χ2v) is 9.29. The van der Waals surface area contributed by atoms with Crippen molar-refractivity contribution in [3.8, 4) is 5.69 Å². The van der Waals surface area contributed by atoms with E-state index in [1.807, 2.05) is 74.5 Å². The van der Waals surface area contributed by atoms with Crippen LogP contribution in [0.4, 0.5) is 0 Å². The molecule has 2 aromatic carbocycles. The molecule has 1 amide bonds. The Bertz CT molecular complexity index is 1390. The maximum atomic E-state index is 12.8. The lowest BCUT2D eigenvalue weighted by atomic mass is 10.1. The highest BCUT2D eigenvalue weighted by molar-refractivity contribution is 8.26. The van der Waals surface area contributed by atoms with Crippen molar-refractivity contribution in [1.82, 2.24) is 9.58 Å². The number of carbonyl (C=O) groups excluding carboxylic acids is 1. The summed E-state index contributed by atoms with van der Waals surface area (Å²) in [5.74, 6) is -0.393. The zero-order valence-corrected chi connectivity index (χ0v) is 19.6. The van der Waals surface area contributed by atoms with Gasteiger partial charge in [0.2, 0.25) is 5.17 Å². The third kappa shape index (κ3) is 4.05. The van der Waals surface area contributed by atoms with Crippen molar-refractivity contribution < 1.29 is 4.79 Å². The van der Waals surface area contributed by atoms with Crippen molar-refractivity contribution in [3.63, 3.8) is 0 Å². The Morgan fingerprint density at radius 2 is 1.88 bits per heavy atom. The SMILES string of the molecule is Cc1cc(C=C2C(=N)N3N=C(Cc4ccccc4)SC3=NC2=O)c(C)n1-c1cccc(Cl)c1. The molecule has 5 rings (SSSR count). The van der Waals surface area contributed by atoms with E-state index in [2.05, 4.69) is 14.7 Å². The van der Waals surface area contributed by atoms with Crippen LogP contribution in [-0.2, 0) is 11.2 Å². The maximum Gasteiger partial charge on any atom is 0.283 e. The predicted octanol–water partition coefficient (Wildman–Crippen LogP) is 5.61. The first-order valence-electron chi connectivity index (χ1n) is 10.4. The van der Waals surface area contributed by atoms with Gasteiger partial charge in [-0.3, -0.25) is 10.2 Å².